The highest BCUT2D eigenvalue weighted by Crippen LogP contribution is 2.72. The predicted octanol–water partition coefficient (Wildman–Crippen LogP) is 10.3. The number of carbonyl (C=O) groups excluding carboxylic acids is 1. The third-order valence-electron chi connectivity index (χ3n) is 13.2. The van der Waals surface area contributed by atoms with Crippen LogP contribution in [0.1, 0.15) is 130 Å². The molecule has 0 saturated heterocycles. The fourth-order valence-electron chi connectivity index (χ4n) is 10.6. The average molecular weight is 576 g/mol. The molecule has 2 fully saturated rings. The highest BCUT2D eigenvalue weighted by molar-refractivity contribution is 5.89. The maximum Gasteiger partial charge on any atom is 0.338 e. The molecular formula is C37H53NO4. The summed E-state index contributed by atoms with van der Waals surface area (Å²) in [6, 6.07) is 5.78. The fourth-order valence-corrected chi connectivity index (χ4v) is 10.6. The number of benzene rings is 1. The van der Waals surface area contributed by atoms with Crippen molar-refractivity contribution in [2.24, 2.45) is 39.4 Å². The van der Waals surface area contributed by atoms with Gasteiger partial charge in [0.25, 0.3) is 5.69 Å². The number of hydrogen-bond donors (Lipinski definition) is 0. The minimum atomic E-state index is -0.446. The van der Waals surface area contributed by atoms with Gasteiger partial charge in [0.05, 0.1) is 10.5 Å². The molecule has 0 N–H and O–H groups in total. The first kappa shape index (κ1) is 31.0. The first-order valence-electron chi connectivity index (χ1n) is 16.5. The summed E-state index contributed by atoms with van der Waals surface area (Å²) in [6.45, 7) is 19.3. The van der Waals surface area contributed by atoms with E-state index in [1.807, 2.05) is 0 Å². The lowest BCUT2D eigenvalue weighted by molar-refractivity contribution is -0.384. The fraction of sp³-hybridized carbons (Fsp3) is 0.703. The average Bonchev–Trinajstić information content (AvgIpc) is 3.21. The predicted molar refractivity (Wildman–Crippen MR) is 169 cm³/mol. The second kappa shape index (κ2) is 10.9. The third kappa shape index (κ3) is 4.87. The molecule has 4 aliphatic carbocycles. The topological polar surface area (TPSA) is 69.4 Å². The van der Waals surface area contributed by atoms with E-state index in [4.69, 9.17) is 4.74 Å². The number of ether oxygens (including phenoxy) is 1. The molecule has 230 valence electrons. The molecule has 0 aliphatic heterocycles. The van der Waals surface area contributed by atoms with Crippen LogP contribution in [0.15, 0.2) is 47.1 Å². The van der Waals surface area contributed by atoms with Crippen molar-refractivity contribution in [1.29, 1.82) is 0 Å². The molecule has 0 bridgehead atoms. The number of esters is 1. The summed E-state index contributed by atoms with van der Waals surface area (Å²) in [5, 5.41) is 11.0. The number of rotatable bonds is 7. The van der Waals surface area contributed by atoms with E-state index in [9.17, 15) is 14.9 Å². The Bertz CT molecular complexity index is 1290. The molecule has 42 heavy (non-hydrogen) atoms. The van der Waals surface area contributed by atoms with Gasteiger partial charge in [-0.2, -0.15) is 0 Å². The van der Waals surface area contributed by atoms with Crippen molar-refractivity contribution in [2.45, 2.75) is 126 Å². The summed E-state index contributed by atoms with van der Waals surface area (Å²) >= 11 is 0. The molecule has 1 aromatic carbocycles. The van der Waals surface area contributed by atoms with E-state index in [1.165, 1.54) is 74.8 Å². The summed E-state index contributed by atoms with van der Waals surface area (Å²) in [5.74, 6) is 1.62. The zero-order valence-electron chi connectivity index (χ0n) is 27.3. The lowest BCUT2D eigenvalue weighted by Crippen LogP contribution is -2.55. The van der Waals surface area contributed by atoms with Gasteiger partial charge in [0.2, 0.25) is 0 Å². The molecule has 1 unspecified atom stereocenters. The maximum atomic E-state index is 13.1. The Hall–Kier alpha value is -2.43. The SMILES string of the molecule is CC(C)=CCC[C@@H](C)[C@H]1CC[C@@]2(C)C3=C(CC[C@]12C)[C@@]1(C)CC[C@H](OC(=O)c2ccc([N+](=O)[O-])cc2)C(C)(C)C1CC3. The van der Waals surface area contributed by atoms with Crippen LogP contribution in [0.3, 0.4) is 0 Å². The van der Waals surface area contributed by atoms with E-state index in [0.717, 1.165) is 31.1 Å². The van der Waals surface area contributed by atoms with Crippen molar-refractivity contribution in [3.05, 3.63) is 62.7 Å². The highest BCUT2D eigenvalue weighted by Gasteiger charge is 2.63. The Morgan fingerprint density at radius 3 is 2.33 bits per heavy atom. The van der Waals surface area contributed by atoms with E-state index in [0.29, 0.717) is 16.9 Å². The second-order valence-corrected chi connectivity index (χ2v) is 15.8. The number of non-ortho nitro benzene ring substituents is 1. The van der Waals surface area contributed by atoms with Crippen LogP contribution < -0.4 is 0 Å². The van der Waals surface area contributed by atoms with Gasteiger partial charge in [-0.3, -0.25) is 10.1 Å². The number of nitrogens with zero attached hydrogens (tertiary/aromatic N) is 1. The highest BCUT2D eigenvalue weighted by atomic mass is 16.6. The van der Waals surface area contributed by atoms with Gasteiger partial charge in [-0.15, -0.1) is 0 Å². The van der Waals surface area contributed by atoms with Gasteiger partial charge in [-0.25, -0.2) is 4.79 Å². The first-order valence-corrected chi connectivity index (χ1v) is 16.5. The monoisotopic (exact) mass is 575 g/mol. The Morgan fingerprint density at radius 2 is 1.69 bits per heavy atom. The first-order chi connectivity index (χ1) is 19.6. The summed E-state index contributed by atoms with van der Waals surface area (Å²) in [6.07, 6.45) is 14.2. The molecule has 5 rings (SSSR count). The van der Waals surface area contributed by atoms with Crippen LogP contribution in [0.2, 0.25) is 0 Å². The zero-order valence-corrected chi connectivity index (χ0v) is 27.3. The van der Waals surface area contributed by atoms with Crippen molar-refractivity contribution in [3.8, 4) is 0 Å². The van der Waals surface area contributed by atoms with Crippen molar-refractivity contribution in [1.82, 2.24) is 0 Å². The third-order valence-corrected chi connectivity index (χ3v) is 13.2. The zero-order chi connectivity index (χ0) is 30.7. The summed E-state index contributed by atoms with van der Waals surface area (Å²) in [5.41, 5.74) is 5.99. The summed E-state index contributed by atoms with van der Waals surface area (Å²) < 4.78 is 6.19. The number of nitro benzene ring substituents is 1. The molecule has 0 spiro atoms. The van der Waals surface area contributed by atoms with Gasteiger partial charge in [-0.1, -0.05) is 64.3 Å². The largest absolute Gasteiger partial charge is 0.458 e. The molecule has 7 atom stereocenters. The molecule has 1 aromatic rings. The molecule has 0 radical (unpaired) electrons. The van der Waals surface area contributed by atoms with E-state index >= 15 is 0 Å². The van der Waals surface area contributed by atoms with Crippen molar-refractivity contribution in [3.63, 3.8) is 0 Å². The molecule has 5 heteroatoms. The standard InChI is InChI=1S/C37H53NO4/c1-24(2)10-9-11-25(3)28-18-22-37(8)30-16-17-31-34(4,5)32(20-21-35(31,6)29(30)19-23-36(28,37)7)42-33(39)26-12-14-27(15-13-26)38(40)41/h10,12-15,25,28,31-32H,9,11,16-23H2,1-8H3/t25-,28-,31?,32+,35-,36-,37+/m1/s1. The Kier molecular flexibility index (Phi) is 8.07. The normalized spacial score (nSPS) is 35.9. The Balaban J connectivity index is 1.36. The molecule has 5 nitrogen and oxygen atoms in total. The number of carbonyl (C=O) groups is 1. The van der Waals surface area contributed by atoms with Crippen molar-refractivity contribution < 1.29 is 14.5 Å². The van der Waals surface area contributed by atoms with Crippen LogP contribution in [-0.2, 0) is 4.74 Å². The lowest BCUT2D eigenvalue weighted by atomic mass is 9.43. The number of nitro groups is 1. The molecule has 0 heterocycles. The molecule has 0 amide bonds. The van der Waals surface area contributed by atoms with E-state index in [2.05, 4.69) is 61.5 Å². The molecule has 0 aromatic heterocycles. The van der Waals surface area contributed by atoms with Gasteiger partial charge in [0.15, 0.2) is 0 Å². The van der Waals surface area contributed by atoms with Crippen LogP contribution in [-0.4, -0.2) is 17.0 Å². The summed E-state index contributed by atoms with van der Waals surface area (Å²) in [4.78, 5) is 23.7. The Morgan fingerprint density at radius 1 is 1.00 bits per heavy atom. The van der Waals surface area contributed by atoms with Gasteiger partial charge < -0.3 is 4.74 Å². The van der Waals surface area contributed by atoms with Crippen LogP contribution >= 0.6 is 0 Å². The van der Waals surface area contributed by atoms with Crippen LogP contribution in [0.25, 0.3) is 0 Å². The van der Waals surface area contributed by atoms with Gasteiger partial charge in [0.1, 0.15) is 6.10 Å². The van der Waals surface area contributed by atoms with Crippen LogP contribution in [0.4, 0.5) is 5.69 Å². The molecular weight excluding hydrogens is 522 g/mol. The maximum absolute atomic E-state index is 13.1. The smallest absolute Gasteiger partial charge is 0.338 e. The van der Waals surface area contributed by atoms with Crippen molar-refractivity contribution >= 4 is 11.7 Å². The lowest BCUT2D eigenvalue weighted by Gasteiger charge is -2.62. The second-order valence-electron chi connectivity index (χ2n) is 15.8. The summed E-state index contributed by atoms with van der Waals surface area (Å²) in [7, 11) is 0. The van der Waals surface area contributed by atoms with E-state index in [-0.39, 0.29) is 34.0 Å². The van der Waals surface area contributed by atoms with E-state index in [1.54, 1.807) is 11.1 Å². The minimum absolute atomic E-state index is 0.0179. The number of hydrogen-bond acceptors (Lipinski definition) is 4. The van der Waals surface area contributed by atoms with Crippen LogP contribution in [0, 0.1) is 49.5 Å². The quantitative estimate of drug-likeness (QED) is 0.140. The minimum Gasteiger partial charge on any atom is -0.458 e. The van der Waals surface area contributed by atoms with E-state index < -0.39 is 4.92 Å². The molecule has 2 saturated carbocycles. The number of fused-ring (bicyclic) bond motifs is 4. The van der Waals surface area contributed by atoms with Gasteiger partial charge in [-0.05, 0) is 124 Å². The molecule has 4 aliphatic rings. The van der Waals surface area contributed by atoms with Crippen LogP contribution in [0.5, 0.6) is 0 Å². The van der Waals surface area contributed by atoms with Gasteiger partial charge >= 0.3 is 5.97 Å². The Labute approximate surface area is 253 Å². The number of allylic oxidation sites excluding steroid dienone is 4. The van der Waals surface area contributed by atoms with Gasteiger partial charge in [0, 0.05) is 17.5 Å². The van der Waals surface area contributed by atoms with Crippen molar-refractivity contribution in [2.75, 3.05) is 0 Å².